The lowest BCUT2D eigenvalue weighted by Crippen LogP contribution is -2.43. The van der Waals surface area contributed by atoms with Gasteiger partial charge in [-0.15, -0.1) is 24.0 Å². The molecular weight excluding hydrogens is 463 g/mol. The standard InChI is InChI=1S/C17H30N6OS.HI/c1-18-16(20-13-7-8-14(12-13)25-2)19-9-5-11-23-17(24)22-10-4-3-6-15(22)21-23;/h13-14H,3-12H2,1-2H3,(H2,18,19,20);1H. The van der Waals surface area contributed by atoms with E-state index >= 15 is 0 Å². The Morgan fingerprint density at radius 3 is 2.92 bits per heavy atom. The maximum atomic E-state index is 12.3. The van der Waals surface area contributed by atoms with E-state index in [1.54, 1.807) is 4.68 Å². The average molecular weight is 494 g/mol. The van der Waals surface area contributed by atoms with Crippen LogP contribution in [0.3, 0.4) is 0 Å². The number of guanidine groups is 1. The highest BCUT2D eigenvalue weighted by atomic mass is 127. The number of halogens is 1. The molecule has 1 aliphatic carbocycles. The zero-order valence-electron chi connectivity index (χ0n) is 15.7. The highest BCUT2D eigenvalue weighted by Crippen LogP contribution is 2.27. The molecule has 2 unspecified atom stereocenters. The van der Waals surface area contributed by atoms with Crippen molar-refractivity contribution < 1.29 is 0 Å². The summed E-state index contributed by atoms with van der Waals surface area (Å²) in [7, 11) is 1.81. The van der Waals surface area contributed by atoms with E-state index in [4.69, 9.17) is 0 Å². The number of thioether (sulfide) groups is 1. The average Bonchev–Trinajstić information content (AvgIpc) is 3.22. The Labute approximate surface area is 176 Å². The Balaban J connectivity index is 0.00000243. The van der Waals surface area contributed by atoms with Crippen LogP contribution in [0.25, 0.3) is 0 Å². The summed E-state index contributed by atoms with van der Waals surface area (Å²) < 4.78 is 3.46. The molecule has 148 valence electrons. The van der Waals surface area contributed by atoms with Crippen molar-refractivity contribution in [1.29, 1.82) is 0 Å². The number of hydrogen-bond acceptors (Lipinski definition) is 4. The molecule has 9 heteroatoms. The van der Waals surface area contributed by atoms with Crippen molar-refractivity contribution in [3.8, 4) is 0 Å². The molecule has 3 rings (SSSR count). The van der Waals surface area contributed by atoms with E-state index in [-0.39, 0.29) is 29.7 Å². The molecule has 1 fully saturated rings. The lowest BCUT2D eigenvalue weighted by Gasteiger charge is -2.17. The van der Waals surface area contributed by atoms with Crippen LogP contribution in [0.1, 0.15) is 44.3 Å². The highest BCUT2D eigenvalue weighted by molar-refractivity contribution is 14.0. The summed E-state index contributed by atoms with van der Waals surface area (Å²) in [4.78, 5) is 16.6. The molecule has 7 nitrogen and oxygen atoms in total. The number of rotatable bonds is 6. The number of aromatic nitrogens is 3. The summed E-state index contributed by atoms with van der Waals surface area (Å²) in [6.45, 7) is 2.26. The van der Waals surface area contributed by atoms with Crippen molar-refractivity contribution in [3.05, 3.63) is 16.3 Å². The summed E-state index contributed by atoms with van der Waals surface area (Å²) in [5.41, 5.74) is 0.0475. The SMILES string of the molecule is CN=C(NCCCn1nc2n(c1=O)CCCC2)NC1CCC(SC)C1.I. The van der Waals surface area contributed by atoms with Gasteiger partial charge in [-0.3, -0.25) is 9.56 Å². The molecule has 26 heavy (non-hydrogen) atoms. The third-order valence-corrected chi connectivity index (χ3v) is 6.25. The van der Waals surface area contributed by atoms with E-state index in [2.05, 4.69) is 27.0 Å². The minimum atomic E-state index is 0. The van der Waals surface area contributed by atoms with Gasteiger partial charge in [0.2, 0.25) is 0 Å². The van der Waals surface area contributed by atoms with Gasteiger partial charge in [0.1, 0.15) is 5.82 Å². The van der Waals surface area contributed by atoms with E-state index in [1.807, 2.05) is 23.4 Å². The first kappa shape index (κ1) is 21.6. The molecule has 1 aromatic heterocycles. The molecule has 0 amide bonds. The van der Waals surface area contributed by atoms with Crippen molar-refractivity contribution in [3.63, 3.8) is 0 Å². The highest BCUT2D eigenvalue weighted by Gasteiger charge is 2.24. The maximum absolute atomic E-state index is 12.3. The summed E-state index contributed by atoms with van der Waals surface area (Å²) in [5, 5.41) is 12.1. The molecule has 1 aromatic rings. The molecule has 0 bridgehead atoms. The number of aliphatic imine (C=N–C) groups is 1. The van der Waals surface area contributed by atoms with Crippen molar-refractivity contribution in [2.75, 3.05) is 19.8 Å². The van der Waals surface area contributed by atoms with Crippen molar-refractivity contribution in [2.24, 2.45) is 4.99 Å². The maximum Gasteiger partial charge on any atom is 0.345 e. The molecule has 1 aliphatic heterocycles. The van der Waals surface area contributed by atoms with Gasteiger partial charge < -0.3 is 10.6 Å². The van der Waals surface area contributed by atoms with Crippen molar-refractivity contribution in [1.82, 2.24) is 25.0 Å². The van der Waals surface area contributed by atoms with Gasteiger partial charge in [-0.05, 0) is 44.8 Å². The van der Waals surface area contributed by atoms with Gasteiger partial charge in [0.15, 0.2) is 5.96 Å². The third kappa shape index (κ3) is 5.40. The Morgan fingerprint density at radius 2 is 2.23 bits per heavy atom. The Morgan fingerprint density at radius 1 is 1.38 bits per heavy atom. The monoisotopic (exact) mass is 494 g/mol. The smallest absolute Gasteiger partial charge is 0.345 e. The number of nitrogens with zero attached hydrogens (tertiary/aromatic N) is 4. The van der Waals surface area contributed by atoms with Crippen LogP contribution in [-0.4, -0.2) is 51.4 Å². The van der Waals surface area contributed by atoms with Gasteiger partial charge in [0, 0.05) is 44.4 Å². The van der Waals surface area contributed by atoms with Crippen LogP contribution in [0.4, 0.5) is 0 Å². The van der Waals surface area contributed by atoms with Crippen LogP contribution in [-0.2, 0) is 19.5 Å². The number of hydrogen-bond donors (Lipinski definition) is 2. The first-order valence-corrected chi connectivity index (χ1v) is 10.7. The zero-order valence-corrected chi connectivity index (χ0v) is 18.9. The summed E-state index contributed by atoms with van der Waals surface area (Å²) in [6.07, 6.45) is 9.89. The van der Waals surface area contributed by atoms with E-state index < -0.39 is 0 Å². The van der Waals surface area contributed by atoms with Crippen LogP contribution in [0, 0.1) is 0 Å². The lowest BCUT2D eigenvalue weighted by molar-refractivity contribution is 0.508. The largest absolute Gasteiger partial charge is 0.356 e. The molecule has 1 saturated carbocycles. The van der Waals surface area contributed by atoms with Gasteiger partial charge in [-0.2, -0.15) is 16.9 Å². The Hall–Kier alpha value is -0.710. The van der Waals surface area contributed by atoms with Crippen LogP contribution >= 0.6 is 35.7 Å². The van der Waals surface area contributed by atoms with Crippen LogP contribution in [0.2, 0.25) is 0 Å². The number of nitrogens with one attached hydrogen (secondary N) is 2. The predicted molar refractivity (Wildman–Crippen MR) is 119 cm³/mol. The molecule has 2 N–H and O–H groups in total. The van der Waals surface area contributed by atoms with E-state index in [9.17, 15) is 4.79 Å². The minimum Gasteiger partial charge on any atom is -0.356 e. The topological polar surface area (TPSA) is 76.2 Å². The third-order valence-electron chi connectivity index (χ3n) is 5.15. The first-order valence-electron chi connectivity index (χ1n) is 9.37. The fourth-order valence-corrected chi connectivity index (χ4v) is 4.50. The Kier molecular flexibility index (Phi) is 8.78. The van der Waals surface area contributed by atoms with Crippen LogP contribution < -0.4 is 16.3 Å². The first-order chi connectivity index (χ1) is 12.2. The van der Waals surface area contributed by atoms with Gasteiger partial charge in [-0.25, -0.2) is 9.48 Å². The van der Waals surface area contributed by atoms with Gasteiger partial charge in [0.25, 0.3) is 0 Å². The lowest BCUT2D eigenvalue weighted by atomic mass is 10.2. The molecular formula is C17H31IN6OS. The van der Waals surface area contributed by atoms with Gasteiger partial charge in [-0.1, -0.05) is 0 Å². The second kappa shape index (κ2) is 10.6. The summed E-state index contributed by atoms with van der Waals surface area (Å²) in [5.74, 6) is 1.81. The van der Waals surface area contributed by atoms with E-state index in [0.29, 0.717) is 12.6 Å². The van der Waals surface area contributed by atoms with Crippen molar-refractivity contribution in [2.45, 2.75) is 69.3 Å². The fourth-order valence-electron chi connectivity index (χ4n) is 3.70. The molecule has 0 spiro atoms. The summed E-state index contributed by atoms with van der Waals surface area (Å²) >= 11 is 1.96. The van der Waals surface area contributed by atoms with Gasteiger partial charge in [0.05, 0.1) is 0 Å². The normalized spacial score (nSPS) is 22.6. The molecule has 2 aliphatic rings. The molecule has 0 radical (unpaired) electrons. The van der Waals surface area contributed by atoms with E-state index in [0.717, 1.165) is 55.8 Å². The van der Waals surface area contributed by atoms with E-state index in [1.165, 1.54) is 19.3 Å². The minimum absolute atomic E-state index is 0. The van der Waals surface area contributed by atoms with Crippen molar-refractivity contribution >= 4 is 41.7 Å². The Bertz CT molecular complexity index is 658. The quantitative estimate of drug-likeness (QED) is 0.273. The second-order valence-electron chi connectivity index (χ2n) is 6.90. The second-order valence-corrected chi connectivity index (χ2v) is 8.03. The molecule has 0 aromatic carbocycles. The number of fused-ring (bicyclic) bond motifs is 1. The predicted octanol–water partition coefficient (Wildman–Crippen LogP) is 1.84. The van der Waals surface area contributed by atoms with Crippen LogP contribution in [0.5, 0.6) is 0 Å². The summed E-state index contributed by atoms with van der Waals surface area (Å²) in [6, 6.07) is 0.520. The molecule has 0 saturated heterocycles. The fraction of sp³-hybridized carbons (Fsp3) is 0.824. The number of aryl methyl sites for hydroxylation is 2. The van der Waals surface area contributed by atoms with Crippen LogP contribution in [0.15, 0.2) is 9.79 Å². The molecule has 2 atom stereocenters. The molecule has 2 heterocycles. The zero-order chi connectivity index (χ0) is 17.6. The van der Waals surface area contributed by atoms with Gasteiger partial charge >= 0.3 is 5.69 Å².